The van der Waals surface area contributed by atoms with Crippen molar-refractivity contribution in [1.82, 2.24) is 0 Å². The van der Waals surface area contributed by atoms with E-state index < -0.39 is 0 Å². The summed E-state index contributed by atoms with van der Waals surface area (Å²) >= 11 is 0. The van der Waals surface area contributed by atoms with E-state index in [-0.39, 0.29) is 6.29 Å². The number of hydrogen-bond donors (Lipinski definition) is 0. The topological polar surface area (TPSA) is 18.5 Å². The molecule has 2 atom stereocenters. The summed E-state index contributed by atoms with van der Waals surface area (Å²) in [5.74, 6) is 0. The van der Waals surface area contributed by atoms with Gasteiger partial charge in [0, 0.05) is 0 Å². The zero-order chi connectivity index (χ0) is 7.98. The van der Waals surface area contributed by atoms with Crippen molar-refractivity contribution >= 4 is 0 Å². The molecule has 10 heavy (non-hydrogen) atoms. The number of rotatable bonds is 1. The van der Waals surface area contributed by atoms with E-state index in [1.54, 1.807) is 0 Å². The SMILES string of the molecule is CC.CC[C@H]1OCC(C)O1. The van der Waals surface area contributed by atoms with Gasteiger partial charge in [-0.25, -0.2) is 0 Å². The van der Waals surface area contributed by atoms with Crippen LogP contribution < -0.4 is 0 Å². The lowest BCUT2D eigenvalue weighted by Crippen LogP contribution is -2.06. The van der Waals surface area contributed by atoms with Crippen LogP contribution in [0.25, 0.3) is 0 Å². The molecular weight excluding hydrogens is 128 g/mol. The second kappa shape index (κ2) is 5.69. The van der Waals surface area contributed by atoms with Gasteiger partial charge < -0.3 is 9.47 Å². The van der Waals surface area contributed by atoms with E-state index in [9.17, 15) is 0 Å². The van der Waals surface area contributed by atoms with Gasteiger partial charge in [-0.15, -0.1) is 0 Å². The molecule has 0 saturated carbocycles. The average Bonchev–Trinajstić information content (AvgIpc) is 2.40. The first-order chi connectivity index (χ1) is 4.83. The van der Waals surface area contributed by atoms with Gasteiger partial charge in [-0.2, -0.15) is 0 Å². The molecule has 0 radical (unpaired) electrons. The summed E-state index contributed by atoms with van der Waals surface area (Å²) in [5, 5.41) is 0. The van der Waals surface area contributed by atoms with E-state index in [1.807, 2.05) is 20.8 Å². The molecule has 0 spiro atoms. The molecule has 1 saturated heterocycles. The predicted molar refractivity (Wildman–Crippen MR) is 41.9 cm³/mol. The highest BCUT2D eigenvalue weighted by Gasteiger charge is 2.19. The van der Waals surface area contributed by atoms with Crippen LogP contribution in [0.1, 0.15) is 34.1 Å². The third kappa shape index (κ3) is 3.18. The third-order valence-electron chi connectivity index (χ3n) is 1.23. The first kappa shape index (κ1) is 9.92. The van der Waals surface area contributed by atoms with E-state index >= 15 is 0 Å². The van der Waals surface area contributed by atoms with Crippen LogP contribution in [0.4, 0.5) is 0 Å². The Hall–Kier alpha value is -0.0800. The van der Waals surface area contributed by atoms with Crippen LogP contribution in [0.3, 0.4) is 0 Å². The van der Waals surface area contributed by atoms with Gasteiger partial charge in [0.2, 0.25) is 0 Å². The van der Waals surface area contributed by atoms with Crippen molar-refractivity contribution in [3.8, 4) is 0 Å². The van der Waals surface area contributed by atoms with E-state index in [4.69, 9.17) is 9.47 Å². The summed E-state index contributed by atoms with van der Waals surface area (Å²) in [6.07, 6.45) is 1.34. The maximum absolute atomic E-state index is 5.29. The molecule has 1 fully saturated rings. The zero-order valence-corrected chi connectivity index (χ0v) is 7.39. The molecule has 0 aliphatic carbocycles. The van der Waals surface area contributed by atoms with Gasteiger partial charge in [-0.3, -0.25) is 0 Å². The largest absolute Gasteiger partial charge is 0.350 e. The molecule has 0 aromatic heterocycles. The molecule has 0 bridgehead atoms. The predicted octanol–water partition coefficient (Wildman–Crippen LogP) is 2.18. The van der Waals surface area contributed by atoms with Crippen LogP contribution in [-0.4, -0.2) is 19.0 Å². The van der Waals surface area contributed by atoms with E-state index in [0.29, 0.717) is 6.10 Å². The maximum atomic E-state index is 5.29. The highest BCUT2D eigenvalue weighted by atomic mass is 16.7. The number of ether oxygens (including phenoxy) is 2. The van der Waals surface area contributed by atoms with E-state index in [0.717, 1.165) is 13.0 Å². The Bertz CT molecular complexity index is 73.7. The summed E-state index contributed by atoms with van der Waals surface area (Å²) in [6.45, 7) is 8.84. The summed E-state index contributed by atoms with van der Waals surface area (Å²) in [4.78, 5) is 0. The van der Waals surface area contributed by atoms with Gasteiger partial charge in [0.1, 0.15) is 0 Å². The molecule has 1 aliphatic heterocycles. The van der Waals surface area contributed by atoms with Crippen molar-refractivity contribution in [3.63, 3.8) is 0 Å². The Kier molecular flexibility index (Phi) is 5.64. The van der Waals surface area contributed by atoms with Crippen LogP contribution in [0.2, 0.25) is 0 Å². The molecule has 0 amide bonds. The van der Waals surface area contributed by atoms with E-state index in [2.05, 4.69) is 6.92 Å². The molecule has 2 heteroatoms. The van der Waals surface area contributed by atoms with Gasteiger partial charge in [-0.1, -0.05) is 20.8 Å². The second-order valence-corrected chi connectivity index (χ2v) is 2.12. The highest BCUT2D eigenvalue weighted by molar-refractivity contribution is 4.57. The fraction of sp³-hybridized carbons (Fsp3) is 1.00. The average molecular weight is 146 g/mol. The summed E-state index contributed by atoms with van der Waals surface area (Å²) in [5.41, 5.74) is 0. The molecule has 1 heterocycles. The van der Waals surface area contributed by atoms with Crippen LogP contribution in [0.15, 0.2) is 0 Å². The van der Waals surface area contributed by atoms with Gasteiger partial charge >= 0.3 is 0 Å². The Morgan fingerprint density at radius 2 is 2.00 bits per heavy atom. The molecule has 1 aliphatic rings. The molecule has 1 unspecified atom stereocenters. The molecule has 0 aromatic carbocycles. The number of hydrogen-bond acceptors (Lipinski definition) is 2. The smallest absolute Gasteiger partial charge is 0.157 e. The fourth-order valence-corrected chi connectivity index (χ4v) is 0.795. The Morgan fingerprint density at radius 1 is 1.40 bits per heavy atom. The lowest BCUT2D eigenvalue weighted by atomic mass is 10.4. The first-order valence-electron chi connectivity index (χ1n) is 4.10. The Morgan fingerprint density at radius 3 is 2.20 bits per heavy atom. The third-order valence-corrected chi connectivity index (χ3v) is 1.23. The highest BCUT2D eigenvalue weighted by Crippen LogP contribution is 2.12. The quantitative estimate of drug-likeness (QED) is 0.564. The van der Waals surface area contributed by atoms with Crippen molar-refractivity contribution in [2.75, 3.05) is 6.61 Å². The van der Waals surface area contributed by atoms with E-state index in [1.165, 1.54) is 0 Å². The molecule has 0 N–H and O–H groups in total. The minimum Gasteiger partial charge on any atom is -0.350 e. The molecule has 0 aromatic rings. The molecule has 62 valence electrons. The van der Waals surface area contributed by atoms with Crippen LogP contribution in [0, 0.1) is 0 Å². The van der Waals surface area contributed by atoms with Crippen molar-refractivity contribution in [2.45, 2.75) is 46.5 Å². The normalized spacial score (nSPS) is 31.2. The minimum atomic E-state index is 0.0741. The molecule has 1 rings (SSSR count). The zero-order valence-electron chi connectivity index (χ0n) is 7.39. The summed E-state index contributed by atoms with van der Waals surface area (Å²) in [7, 11) is 0. The summed E-state index contributed by atoms with van der Waals surface area (Å²) in [6, 6.07) is 0. The van der Waals surface area contributed by atoms with Crippen LogP contribution in [-0.2, 0) is 9.47 Å². The molecular formula is C8H18O2. The lowest BCUT2D eigenvalue weighted by Gasteiger charge is -2.03. The van der Waals surface area contributed by atoms with Crippen molar-refractivity contribution in [2.24, 2.45) is 0 Å². The van der Waals surface area contributed by atoms with Crippen LogP contribution >= 0.6 is 0 Å². The summed E-state index contributed by atoms with van der Waals surface area (Å²) < 4.78 is 10.5. The fourth-order valence-electron chi connectivity index (χ4n) is 0.795. The van der Waals surface area contributed by atoms with Crippen molar-refractivity contribution in [1.29, 1.82) is 0 Å². The Balaban J connectivity index is 0.000000371. The van der Waals surface area contributed by atoms with Crippen LogP contribution in [0.5, 0.6) is 0 Å². The van der Waals surface area contributed by atoms with Gasteiger partial charge in [-0.05, 0) is 13.3 Å². The van der Waals surface area contributed by atoms with Gasteiger partial charge in [0.15, 0.2) is 6.29 Å². The van der Waals surface area contributed by atoms with Crippen molar-refractivity contribution in [3.05, 3.63) is 0 Å². The first-order valence-corrected chi connectivity index (χ1v) is 4.10. The maximum Gasteiger partial charge on any atom is 0.157 e. The minimum absolute atomic E-state index is 0.0741. The van der Waals surface area contributed by atoms with Crippen molar-refractivity contribution < 1.29 is 9.47 Å². The second-order valence-electron chi connectivity index (χ2n) is 2.12. The lowest BCUT2D eigenvalue weighted by molar-refractivity contribution is -0.0557. The van der Waals surface area contributed by atoms with Gasteiger partial charge in [0.05, 0.1) is 12.7 Å². The van der Waals surface area contributed by atoms with Gasteiger partial charge in [0.25, 0.3) is 0 Å². The standard InChI is InChI=1S/C6H12O2.C2H6/c1-3-6-7-4-5(2)8-6;1-2/h5-6H,3-4H2,1-2H3;1-2H3/t5?,6-;/m0./s1. The molecule has 2 nitrogen and oxygen atoms in total. The Labute approximate surface area is 63.5 Å². The monoisotopic (exact) mass is 146 g/mol.